The number of aryl methyl sites for hydroxylation is 1. The van der Waals surface area contributed by atoms with E-state index in [1.165, 1.54) is 16.4 Å². The van der Waals surface area contributed by atoms with Crippen LogP contribution in [0.3, 0.4) is 0 Å². The Morgan fingerprint density at radius 1 is 1.30 bits per heavy atom. The van der Waals surface area contributed by atoms with Crippen molar-refractivity contribution in [2.75, 3.05) is 13.1 Å². The fourth-order valence-electron chi connectivity index (χ4n) is 3.29. The molecule has 1 amide bonds. The summed E-state index contributed by atoms with van der Waals surface area (Å²) in [4.78, 5) is 22.7. The molecule has 1 heterocycles. The molecule has 0 spiro atoms. The van der Waals surface area contributed by atoms with E-state index in [0.717, 1.165) is 18.9 Å². The third kappa shape index (κ3) is 4.84. The molecule has 150 valence electrons. The maximum atomic E-state index is 12.9. The van der Waals surface area contributed by atoms with Crippen LogP contribution in [-0.2, 0) is 14.8 Å². The lowest BCUT2D eigenvalue weighted by atomic mass is 9.96. The largest absolute Gasteiger partial charge is 0.353 e. The van der Waals surface area contributed by atoms with Gasteiger partial charge in [0.05, 0.1) is 9.82 Å². The SMILES string of the molecule is CCC(CC)NC(=O)C1CCN(S(=O)(=O)c2cc([N+](=O)[O-])ccc2C)CC1. The van der Waals surface area contributed by atoms with Crippen molar-refractivity contribution in [3.63, 3.8) is 0 Å². The molecule has 0 radical (unpaired) electrons. The molecule has 27 heavy (non-hydrogen) atoms. The first-order chi connectivity index (χ1) is 12.7. The topological polar surface area (TPSA) is 110 Å². The molecule has 1 aliphatic rings. The molecule has 0 unspecified atom stereocenters. The summed E-state index contributed by atoms with van der Waals surface area (Å²) in [6, 6.07) is 3.99. The lowest BCUT2D eigenvalue weighted by Crippen LogP contribution is -2.45. The summed E-state index contributed by atoms with van der Waals surface area (Å²) in [5, 5.41) is 14.0. The first kappa shape index (κ1) is 21.3. The Kier molecular flexibility index (Phi) is 6.94. The van der Waals surface area contributed by atoms with Gasteiger partial charge in [0.25, 0.3) is 5.69 Å². The van der Waals surface area contributed by atoms with Crippen LogP contribution < -0.4 is 5.32 Å². The molecular formula is C18H27N3O5S. The number of carbonyl (C=O) groups is 1. The molecule has 0 aliphatic carbocycles. The number of rotatable bonds is 7. The summed E-state index contributed by atoms with van der Waals surface area (Å²) < 4.78 is 27.2. The fraction of sp³-hybridized carbons (Fsp3) is 0.611. The van der Waals surface area contributed by atoms with Gasteiger partial charge in [-0.3, -0.25) is 14.9 Å². The van der Waals surface area contributed by atoms with E-state index >= 15 is 0 Å². The molecule has 2 rings (SSSR count). The zero-order chi connectivity index (χ0) is 20.2. The first-order valence-corrected chi connectivity index (χ1v) is 10.7. The monoisotopic (exact) mass is 397 g/mol. The van der Waals surface area contributed by atoms with Gasteiger partial charge in [0, 0.05) is 37.2 Å². The van der Waals surface area contributed by atoms with Crippen molar-refractivity contribution in [3.8, 4) is 0 Å². The number of non-ortho nitro benzene ring substituents is 1. The van der Waals surface area contributed by atoms with Crippen molar-refractivity contribution in [2.45, 2.75) is 57.4 Å². The molecule has 1 aromatic rings. The lowest BCUT2D eigenvalue weighted by Gasteiger charge is -2.31. The van der Waals surface area contributed by atoms with Gasteiger partial charge >= 0.3 is 0 Å². The van der Waals surface area contributed by atoms with E-state index in [1.54, 1.807) is 6.92 Å². The van der Waals surface area contributed by atoms with Crippen LogP contribution in [0.15, 0.2) is 23.1 Å². The Morgan fingerprint density at radius 3 is 2.41 bits per heavy atom. The molecule has 1 fully saturated rings. The fourth-order valence-corrected chi connectivity index (χ4v) is 5.00. The smallest absolute Gasteiger partial charge is 0.270 e. The molecule has 1 N–H and O–H groups in total. The van der Waals surface area contributed by atoms with Crippen LogP contribution in [0, 0.1) is 23.0 Å². The highest BCUT2D eigenvalue weighted by Gasteiger charge is 2.33. The van der Waals surface area contributed by atoms with Gasteiger partial charge in [-0.25, -0.2) is 8.42 Å². The molecule has 0 atom stereocenters. The van der Waals surface area contributed by atoms with Crippen LogP contribution >= 0.6 is 0 Å². The summed E-state index contributed by atoms with van der Waals surface area (Å²) >= 11 is 0. The van der Waals surface area contributed by atoms with Gasteiger partial charge in [-0.1, -0.05) is 19.9 Å². The van der Waals surface area contributed by atoms with Crippen molar-refractivity contribution < 1.29 is 18.1 Å². The average Bonchev–Trinajstić information content (AvgIpc) is 2.66. The van der Waals surface area contributed by atoms with E-state index in [4.69, 9.17) is 0 Å². The number of nitro benzene ring substituents is 1. The molecule has 0 saturated carbocycles. The van der Waals surface area contributed by atoms with E-state index in [0.29, 0.717) is 18.4 Å². The summed E-state index contributed by atoms with van der Waals surface area (Å²) in [5.74, 6) is -0.226. The van der Waals surface area contributed by atoms with Gasteiger partial charge in [0.1, 0.15) is 0 Å². The molecule has 8 nitrogen and oxygen atoms in total. The quantitative estimate of drug-likeness (QED) is 0.562. The molecule has 1 saturated heterocycles. The molecule has 0 aromatic heterocycles. The first-order valence-electron chi connectivity index (χ1n) is 9.26. The standard InChI is InChI=1S/C18H27N3O5S/c1-4-15(5-2)19-18(22)14-8-10-20(11-9-14)27(25,26)17-12-16(21(23)24)7-6-13(17)3/h6-7,12,14-15H,4-5,8-11H2,1-3H3,(H,19,22). The van der Waals surface area contributed by atoms with Crippen molar-refractivity contribution >= 4 is 21.6 Å². The minimum atomic E-state index is -3.83. The van der Waals surface area contributed by atoms with Crippen molar-refractivity contribution in [1.29, 1.82) is 0 Å². The maximum Gasteiger partial charge on any atom is 0.270 e. The third-order valence-electron chi connectivity index (χ3n) is 5.16. The zero-order valence-electron chi connectivity index (χ0n) is 16.0. The van der Waals surface area contributed by atoms with Gasteiger partial charge in [-0.05, 0) is 38.2 Å². The Hall–Kier alpha value is -2.00. The van der Waals surface area contributed by atoms with Crippen molar-refractivity contribution in [3.05, 3.63) is 33.9 Å². The third-order valence-corrected chi connectivity index (χ3v) is 7.20. The summed E-state index contributed by atoms with van der Waals surface area (Å²) in [6.07, 6.45) is 2.61. The number of carbonyl (C=O) groups excluding carboxylic acids is 1. The minimum absolute atomic E-state index is 0.0210. The second kappa shape index (κ2) is 8.79. The predicted octanol–water partition coefficient (Wildman–Crippen LogP) is 2.61. The second-order valence-corrected chi connectivity index (χ2v) is 8.81. The number of nitro groups is 1. The molecule has 1 aromatic carbocycles. The number of hydrogen-bond acceptors (Lipinski definition) is 5. The van der Waals surface area contributed by atoms with Crippen LogP contribution in [0.25, 0.3) is 0 Å². The number of hydrogen-bond donors (Lipinski definition) is 1. The van der Waals surface area contributed by atoms with Crippen LogP contribution in [-0.4, -0.2) is 42.7 Å². The average molecular weight is 397 g/mol. The van der Waals surface area contributed by atoms with Crippen LogP contribution in [0.5, 0.6) is 0 Å². The highest BCUT2D eigenvalue weighted by atomic mass is 32.2. The normalized spacial score (nSPS) is 16.4. The molecule has 1 aliphatic heterocycles. The number of nitrogens with one attached hydrogen (secondary N) is 1. The van der Waals surface area contributed by atoms with Gasteiger partial charge in [0.15, 0.2) is 0 Å². The van der Waals surface area contributed by atoms with Gasteiger partial charge in [-0.15, -0.1) is 0 Å². The number of nitrogens with zero attached hydrogens (tertiary/aromatic N) is 2. The van der Waals surface area contributed by atoms with Crippen LogP contribution in [0.1, 0.15) is 45.1 Å². The van der Waals surface area contributed by atoms with E-state index in [9.17, 15) is 23.3 Å². The van der Waals surface area contributed by atoms with E-state index in [1.807, 2.05) is 13.8 Å². The Morgan fingerprint density at radius 2 is 1.89 bits per heavy atom. The number of piperidine rings is 1. The number of benzene rings is 1. The predicted molar refractivity (Wildman–Crippen MR) is 102 cm³/mol. The summed E-state index contributed by atoms with van der Waals surface area (Å²) in [5.41, 5.74) is 0.216. The second-order valence-electron chi connectivity index (χ2n) is 6.91. The minimum Gasteiger partial charge on any atom is -0.353 e. The maximum absolute atomic E-state index is 12.9. The molecule has 0 bridgehead atoms. The molecule has 9 heteroatoms. The van der Waals surface area contributed by atoms with Crippen molar-refractivity contribution in [2.24, 2.45) is 5.92 Å². The Labute approximate surface area is 160 Å². The number of amides is 1. The summed E-state index contributed by atoms with van der Waals surface area (Å²) in [7, 11) is -3.83. The van der Waals surface area contributed by atoms with Crippen LogP contribution in [0.4, 0.5) is 5.69 Å². The Bertz CT molecular complexity index is 797. The van der Waals surface area contributed by atoms with Gasteiger partial charge < -0.3 is 5.32 Å². The van der Waals surface area contributed by atoms with E-state index in [-0.39, 0.29) is 41.5 Å². The Balaban J connectivity index is 2.10. The van der Waals surface area contributed by atoms with Gasteiger partial charge in [0.2, 0.25) is 15.9 Å². The highest BCUT2D eigenvalue weighted by molar-refractivity contribution is 7.89. The van der Waals surface area contributed by atoms with E-state index < -0.39 is 14.9 Å². The highest BCUT2D eigenvalue weighted by Crippen LogP contribution is 2.28. The van der Waals surface area contributed by atoms with E-state index in [2.05, 4.69) is 5.32 Å². The van der Waals surface area contributed by atoms with Crippen LogP contribution in [0.2, 0.25) is 0 Å². The number of sulfonamides is 1. The van der Waals surface area contributed by atoms with Gasteiger partial charge in [-0.2, -0.15) is 4.31 Å². The lowest BCUT2D eigenvalue weighted by molar-refractivity contribution is -0.385. The zero-order valence-corrected chi connectivity index (χ0v) is 16.8. The van der Waals surface area contributed by atoms with Crippen molar-refractivity contribution in [1.82, 2.24) is 9.62 Å². The summed E-state index contributed by atoms with van der Waals surface area (Å²) in [6.45, 7) is 6.11. The molecular weight excluding hydrogens is 370 g/mol.